The van der Waals surface area contributed by atoms with Crippen molar-refractivity contribution in [2.75, 3.05) is 19.1 Å². The molecule has 2 aromatic heterocycles. The van der Waals surface area contributed by atoms with E-state index in [-0.39, 0.29) is 11.1 Å². The molecule has 0 atom stereocenters. The molecule has 0 aromatic carbocycles. The number of fused-ring (bicyclic) bond motifs is 1. The fraction of sp³-hybridized carbons (Fsp3) is 0.222. The highest BCUT2D eigenvalue weighted by atomic mass is 16.4. The lowest BCUT2D eigenvalue weighted by molar-refractivity contribution is 0.460. The van der Waals surface area contributed by atoms with Crippen LogP contribution in [-0.4, -0.2) is 23.8 Å². The van der Waals surface area contributed by atoms with Gasteiger partial charge < -0.3 is 9.43 Å². The Kier molecular flexibility index (Phi) is 2.03. The summed E-state index contributed by atoms with van der Waals surface area (Å²) < 4.78 is 5.82. The Bertz CT molecular complexity index is 612. The van der Waals surface area contributed by atoms with Crippen LogP contribution in [0.3, 0.4) is 0 Å². The van der Waals surface area contributed by atoms with Crippen molar-refractivity contribution in [3.63, 3.8) is 0 Å². The van der Waals surface area contributed by atoms with Crippen LogP contribution in [0.1, 0.15) is 0 Å². The number of hydrogen-bond acceptors (Lipinski definition) is 5. The van der Waals surface area contributed by atoms with Crippen LogP contribution in [0, 0.1) is 0 Å². The van der Waals surface area contributed by atoms with E-state index in [1.165, 1.54) is 17.3 Å². The second-order valence-corrected chi connectivity index (χ2v) is 3.18. The van der Waals surface area contributed by atoms with Gasteiger partial charge in [-0.25, -0.2) is 9.78 Å². The van der Waals surface area contributed by atoms with Gasteiger partial charge in [0.1, 0.15) is 0 Å². The van der Waals surface area contributed by atoms with E-state index >= 15 is 0 Å². The van der Waals surface area contributed by atoms with Gasteiger partial charge in [-0.1, -0.05) is 0 Å². The van der Waals surface area contributed by atoms with Gasteiger partial charge in [0.2, 0.25) is 0 Å². The van der Waals surface area contributed by atoms with Gasteiger partial charge >= 0.3 is 11.3 Å². The van der Waals surface area contributed by atoms with Gasteiger partial charge in [-0.3, -0.25) is 4.79 Å². The predicted octanol–water partition coefficient (Wildman–Crippen LogP) is -0.453. The number of rotatable bonds is 1. The van der Waals surface area contributed by atoms with Crippen molar-refractivity contribution in [3.8, 4) is 0 Å². The first kappa shape index (κ1) is 9.45. The van der Waals surface area contributed by atoms with Gasteiger partial charge in [-0.2, -0.15) is 4.68 Å². The van der Waals surface area contributed by atoms with E-state index < -0.39 is 11.3 Å². The lowest BCUT2D eigenvalue weighted by atomic mass is 10.4. The SMILES string of the molecule is CN(C)n1c(=O)oc2cccnc2c1=O. The fourth-order valence-corrected chi connectivity index (χ4v) is 1.30. The van der Waals surface area contributed by atoms with Crippen LogP contribution in [0.4, 0.5) is 0 Å². The Morgan fingerprint density at radius 2 is 2.13 bits per heavy atom. The lowest BCUT2D eigenvalue weighted by Crippen LogP contribution is -2.45. The molecule has 0 aliphatic rings. The van der Waals surface area contributed by atoms with E-state index in [1.54, 1.807) is 20.2 Å². The van der Waals surface area contributed by atoms with Crippen molar-refractivity contribution in [2.45, 2.75) is 0 Å². The Labute approximate surface area is 84.4 Å². The molecule has 6 heteroatoms. The third kappa shape index (κ3) is 1.39. The van der Waals surface area contributed by atoms with E-state index in [4.69, 9.17) is 4.42 Å². The molecule has 0 aliphatic heterocycles. The molecule has 6 nitrogen and oxygen atoms in total. The highest BCUT2D eigenvalue weighted by Crippen LogP contribution is 2.01. The molecule has 0 unspecified atom stereocenters. The molecule has 0 N–H and O–H groups in total. The fourth-order valence-electron chi connectivity index (χ4n) is 1.30. The molecule has 78 valence electrons. The molecule has 0 spiro atoms. The van der Waals surface area contributed by atoms with Gasteiger partial charge in [0.15, 0.2) is 11.1 Å². The summed E-state index contributed by atoms with van der Waals surface area (Å²) in [7, 11) is 3.15. The zero-order chi connectivity index (χ0) is 11.0. The zero-order valence-electron chi connectivity index (χ0n) is 8.30. The Balaban J connectivity index is 2.97. The molecule has 0 bridgehead atoms. The van der Waals surface area contributed by atoms with Crippen LogP contribution in [0.5, 0.6) is 0 Å². The summed E-state index contributed by atoms with van der Waals surface area (Å²) in [6.45, 7) is 0. The molecule has 15 heavy (non-hydrogen) atoms. The second kappa shape index (κ2) is 3.23. The number of hydrogen-bond donors (Lipinski definition) is 0. The highest BCUT2D eigenvalue weighted by Gasteiger charge is 2.10. The summed E-state index contributed by atoms with van der Waals surface area (Å²) in [5.41, 5.74) is -0.136. The van der Waals surface area contributed by atoms with Crippen molar-refractivity contribution in [3.05, 3.63) is 39.2 Å². The molecule has 0 saturated carbocycles. The molecular formula is C9H9N3O3. The average molecular weight is 207 g/mol. The normalized spacial score (nSPS) is 10.5. The van der Waals surface area contributed by atoms with Crippen LogP contribution in [0.2, 0.25) is 0 Å². The summed E-state index contributed by atoms with van der Waals surface area (Å²) in [5.74, 6) is -0.717. The van der Waals surface area contributed by atoms with Crippen LogP contribution >= 0.6 is 0 Å². The molecule has 0 saturated heterocycles. The molecule has 0 fully saturated rings. The minimum Gasteiger partial charge on any atom is -0.406 e. The summed E-state index contributed by atoms with van der Waals surface area (Å²) >= 11 is 0. The zero-order valence-corrected chi connectivity index (χ0v) is 8.30. The topological polar surface area (TPSA) is 68.3 Å². The van der Waals surface area contributed by atoms with Crippen LogP contribution in [0.25, 0.3) is 11.1 Å². The standard InChI is InChI=1S/C9H9N3O3/c1-11(2)12-8(13)7-6(15-9(12)14)4-3-5-10-7/h3-5H,1-2H3. The molecule has 2 aromatic rings. The first-order chi connectivity index (χ1) is 7.11. The molecule has 0 amide bonds. The molecule has 0 radical (unpaired) electrons. The first-order valence-corrected chi connectivity index (χ1v) is 4.30. The third-order valence-electron chi connectivity index (χ3n) is 1.94. The molecular weight excluding hydrogens is 198 g/mol. The van der Waals surface area contributed by atoms with Crippen molar-refractivity contribution < 1.29 is 4.42 Å². The van der Waals surface area contributed by atoms with E-state index in [2.05, 4.69) is 4.98 Å². The maximum Gasteiger partial charge on any atom is 0.441 e. The Hall–Kier alpha value is -2.11. The lowest BCUT2D eigenvalue weighted by Gasteiger charge is -2.12. The van der Waals surface area contributed by atoms with E-state index in [1.807, 2.05) is 0 Å². The maximum absolute atomic E-state index is 11.8. The highest BCUT2D eigenvalue weighted by molar-refractivity contribution is 5.69. The number of nitrogens with zero attached hydrogens (tertiary/aromatic N) is 3. The number of pyridine rings is 1. The van der Waals surface area contributed by atoms with Gasteiger partial charge in [-0.05, 0) is 12.1 Å². The first-order valence-electron chi connectivity index (χ1n) is 4.30. The second-order valence-electron chi connectivity index (χ2n) is 3.18. The van der Waals surface area contributed by atoms with E-state index in [0.717, 1.165) is 4.68 Å². The van der Waals surface area contributed by atoms with Crippen molar-refractivity contribution in [1.29, 1.82) is 0 Å². The van der Waals surface area contributed by atoms with Crippen molar-refractivity contribution in [1.82, 2.24) is 9.66 Å². The Morgan fingerprint density at radius 3 is 2.80 bits per heavy atom. The van der Waals surface area contributed by atoms with Gasteiger partial charge in [-0.15, -0.1) is 0 Å². The number of aromatic nitrogens is 2. The monoisotopic (exact) mass is 207 g/mol. The summed E-state index contributed by atoms with van der Waals surface area (Å²) in [6, 6.07) is 3.13. The molecule has 2 rings (SSSR count). The van der Waals surface area contributed by atoms with Crippen LogP contribution < -0.4 is 16.3 Å². The molecule has 2 heterocycles. The largest absolute Gasteiger partial charge is 0.441 e. The van der Waals surface area contributed by atoms with E-state index in [9.17, 15) is 9.59 Å². The Morgan fingerprint density at radius 1 is 1.40 bits per heavy atom. The van der Waals surface area contributed by atoms with E-state index in [0.29, 0.717) is 0 Å². The van der Waals surface area contributed by atoms with Gasteiger partial charge in [0.25, 0.3) is 0 Å². The van der Waals surface area contributed by atoms with Gasteiger partial charge in [0, 0.05) is 20.3 Å². The quantitative estimate of drug-likeness (QED) is 0.633. The summed E-state index contributed by atoms with van der Waals surface area (Å²) in [4.78, 5) is 27.1. The third-order valence-corrected chi connectivity index (χ3v) is 1.94. The predicted molar refractivity (Wildman–Crippen MR) is 54.6 cm³/mol. The van der Waals surface area contributed by atoms with Crippen molar-refractivity contribution in [2.24, 2.45) is 0 Å². The minimum absolute atomic E-state index is 0.144. The van der Waals surface area contributed by atoms with Gasteiger partial charge in [0.05, 0.1) is 0 Å². The average Bonchev–Trinajstić information content (AvgIpc) is 2.17. The summed E-state index contributed by atoms with van der Waals surface area (Å²) in [6.07, 6.45) is 1.48. The minimum atomic E-state index is -0.717. The summed E-state index contributed by atoms with van der Waals surface area (Å²) in [5, 5.41) is 1.35. The molecule has 0 aliphatic carbocycles. The smallest absolute Gasteiger partial charge is 0.406 e. The van der Waals surface area contributed by atoms with Crippen LogP contribution in [-0.2, 0) is 0 Å². The van der Waals surface area contributed by atoms with Crippen molar-refractivity contribution >= 4 is 11.1 Å². The maximum atomic E-state index is 11.8. The van der Waals surface area contributed by atoms with Crippen LogP contribution in [0.15, 0.2) is 32.3 Å².